The molecule has 1 aliphatic carbocycles. The van der Waals surface area contributed by atoms with Crippen LogP contribution in [0.4, 0.5) is 0 Å². The van der Waals surface area contributed by atoms with Gasteiger partial charge in [0.05, 0.1) is 12.1 Å². The molecule has 0 aliphatic heterocycles. The van der Waals surface area contributed by atoms with Crippen LogP contribution in [0.5, 0.6) is 0 Å². The molecule has 3 heteroatoms. The summed E-state index contributed by atoms with van der Waals surface area (Å²) in [7, 11) is 1.88. The highest BCUT2D eigenvalue weighted by atomic mass is 16.2. The van der Waals surface area contributed by atoms with Gasteiger partial charge in [0.2, 0.25) is 0 Å². The van der Waals surface area contributed by atoms with E-state index in [2.05, 4.69) is 11.8 Å². The van der Waals surface area contributed by atoms with Crippen LogP contribution in [0.25, 0.3) is 0 Å². The molecular weight excluding hydrogens is 248 g/mol. The molecule has 1 aliphatic rings. The topological polar surface area (TPSA) is 46.3 Å². The Morgan fingerprint density at radius 2 is 2.05 bits per heavy atom. The van der Waals surface area contributed by atoms with E-state index in [-0.39, 0.29) is 5.91 Å². The molecule has 0 aromatic heterocycles. The summed E-state index contributed by atoms with van der Waals surface area (Å²) in [4.78, 5) is 14.4. The lowest BCUT2D eigenvalue weighted by atomic mass is 10.0. The molecule has 2 N–H and O–H groups in total. The molecule has 1 aromatic rings. The van der Waals surface area contributed by atoms with Gasteiger partial charge in [-0.3, -0.25) is 4.79 Å². The van der Waals surface area contributed by atoms with Gasteiger partial charge in [-0.05, 0) is 30.9 Å². The summed E-state index contributed by atoms with van der Waals surface area (Å²) in [6, 6.07) is 7.49. The second kappa shape index (κ2) is 7.12. The van der Waals surface area contributed by atoms with Crippen LogP contribution in [0, 0.1) is 17.8 Å². The smallest absolute Gasteiger partial charge is 0.254 e. The quantitative estimate of drug-likeness (QED) is 0.856. The minimum Gasteiger partial charge on any atom is -0.341 e. The number of rotatable bonds is 3. The van der Waals surface area contributed by atoms with Crippen molar-refractivity contribution in [1.82, 2.24) is 4.90 Å². The van der Waals surface area contributed by atoms with Gasteiger partial charge in [0.25, 0.3) is 5.91 Å². The molecule has 3 nitrogen and oxygen atoms in total. The Kier molecular flexibility index (Phi) is 5.20. The van der Waals surface area contributed by atoms with Crippen LogP contribution in [-0.2, 0) is 0 Å². The molecule has 1 fully saturated rings. The third-order valence-electron chi connectivity index (χ3n) is 3.84. The SMILES string of the molecule is CN(CC1CCCC1)C(=O)c1ccccc1C#CCN. The van der Waals surface area contributed by atoms with Gasteiger partial charge in [0.15, 0.2) is 0 Å². The van der Waals surface area contributed by atoms with E-state index >= 15 is 0 Å². The third kappa shape index (κ3) is 3.61. The molecule has 0 heterocycles. The van der Waals surface area contributed by atoms with E-state index in [9.17, 15) is 4.79 Å². The van der Waals surface area contributed by atoms with Crippen LogP contribution in [-0.4, -0.2) is 30.9 Å². The van der Waals surface area contributed by atoms with Crippen LogP contribution in [0.15, 0.2) is 24.3 Å². The fourth-order valence-corrected chi connectivity index (χ4v) is 2.79. The van der Waals surface area contributed by atoms with E-state index in [1.807, 2.05) is 36.2 Å². The van der Waals surface area contributed by atoms with E-state index in [1.165, 1.54) is 25.7 Å². The predicted molar refractivity (Wildman–Crippen MR) is 81.3 cm³/mol. The highest BCUT2D eigenvalue weighted by Gasteiger charge is 2.21. The average molecular weight is 270 g/mol. The Balaban J connectivity index is 2.11. The molecule has 0 unspecified atom stereocenters. The minimum absolute atomic E-state index is 0.0545. The second-order valence-corrected chi connectivity index (χ2v) is 5.39. The molecule has 1 amide bonds. The van der Waals surface area contributed by atoms with Crippen molar-refractivity contribution in [1.29, 1.82) is 0 Å². The van der Waals surface area contributed by atoms with Gasteiger partial charge in [-0.2, -0.15) is 0 Å². The number of amides is 1. The van der Waals surface area contributed by atoms with Crippen LogP contribution in [0.3, 0.4) is 0 Å². The van der Waals surface area contributed by atoms with Gasteiger partial charge in [-0.15, -0.1) is 0 Å². The Hall–Kier alpha value is -1.79. The largest absolute Gasteiger partial charge is 0.341 e. The molecular formula is C17H22N2O. The molecule has 0 bridgehead atoms. The molecule has 1 aromatic carbocycles. The summed E-state index contributed by atoms with van der Waals surface area (Å²) >= 11 is 0. The summed E-state index contributed by atoms with van der Waals surface area (Å²) in [5.74, 6) is 6.51. The second-order valence-electron chi connectivity index (χ2n) is 5.39. The van der Waals surface area contributed by atoms with Crippen molar-refractivity contribution in [2.45, 2.75) is 25.7 Å². The first-order chi connectivity index (χ1) is 9.72. The predicted octanol–water partition coefficient (Wildman–Crippen LogP) is 2.26. The Morgan fingerprint density at radius 3 is 2.75 bits per heavy atom. The summed E-state index contributed by atoms with van der Waals surface area (Å²) in [6.07, 6.45) is 5.08. The van der Waals surface area contributed by atoms with E-state index < -0.39 is 0 Å². The molecule has 0 radical (unpaired) electrons. The van der Waals surface area contributed by atoms with E-state index in [0.717, 1.165) is 12.1 Å². The number of carbonyl (C=O) groups is 1. The zero-order valence-electron chi connectivity index (χ0n) is 12.1. The van der Waals surface area contributed by atoms with E-state index in [4.69, 9.17) is 5.73 Å². The number of carbonyl (C=O) groups excluding carboxylic acids is 1. The van der Waals surface area contributed by atoms with Crippen LogP contribution in [0.2, 0.25) is 0 Å². The number of nitrogens with two attached hydrogens (primary N) is 1. The molecule has 106 valence electrons. The average Bonchev–Trinajstić information content (AvgIpc) is 2.97. The van der Waals surface area contributed by atoms with Crippen molar-refractivity contribution < 1.29 is 4.79 Å². The van der Waals surface area contributed by atoms with Crippen molar-refractivity contribution in [2.75, 3.05) is 20.1 Å². The van der Waals surface area contributed by atoms with E-state index in [0.29, 0.717) is 18.0 Å². The molecule has 2 rings (SSSR count). The summed E-state index contributed by atoms with van der Waals surface area (Å²) in [6.45, 7) is 1.15. The van der Waals surface area contributed by atoms with Crippen molar-refractivity contribution in [3.8, 4) is 11.8 Å². The van der Waals surface area contributed by atoms with Gasteiger partial charge in [0.1, 0.15) is 0 Å². The summed E-state index contributed by atoms with van der Waals surface area (Å²) < 4.78 is 0. The van der Waals surface area contributed by atoms with E-state index in [1.54, 1.807) is 0 Å². The lowest BCUT2D eigenvalue weighted by Gasteiger charge is -2.21. The third-order valence-corrected chi connectivity index (χ3v) is 3.84. The monoisotopic (exact) mass is 270 g/mol. The van der Waals surface area contributed by atoms with Crippen LogP contribution in [0.1, 0.15) is 41.6 Å². The number of hydrogen-bond acceptors (Lipinski definition) is 2. The van der Waals surface area contributed by atoms with Crippen molar-refractivity contribution in [3.63, 3.8) is 0 Å². The number of hydrogen-bond donors (Lipinski definition) is 1. The lowest BCUT2D eigenvalue weighted by Crippen LogP contribution is -2.31. The first kappa shape index (κ1) is 14.6. The van der Waals surface area contributed by atoms with Gasteiger partial charge in [-0.1, -0.05) is 36.8 Å². The van der Waals surface area contributed by atoms with Crippen LogP contribution >= 0.6 is 0 Å². The molecule has 0 atom stereocenters. The van der Waals surface area contributed by atoms with Gasteiger partial charge >= 0.3 is 0 Å². The maximum atomic E-state index is 12.5. The fraction of sp³-hybridized carbons (Fsp3) is 0.471. The molecule has 1 saturated carbocycles. The standard InChI is InChI=1S/C17H22N2O/c1-19(13-14-7-2-3-8-14)17(20)16-11-5-4-9-15(16)10-6-12-18/h4-5,9,11,14H,2-3,7-8,12-13,18H2,1H3. The highest BCUT2D eigenvalue weighted by molar-refractivity contribution is 5.96. The molecule has 20 heavy (non-hydrogen) atoms. The van der Waals surface area contributed by atoms with Gasteiger partial charge < -0.3 is 10.6 Å². The maximum Gasteiger partial charge on any atom is 0.254 e. The minimum atomic E-state index is 0.0545. The lowest BCUT2D eigenvalue weighted by molar-refractivity contribution is 0.0773. The summed E-state index contributed by atoms with van der Waals surface area (Å²) in [5.41, 5.74) is 6.84. The zero-order chi connectivity index (χ0) is 14.4. The maximum absolute atomic E-state index is 12.5. The van der Waals surface area contributed by atoms with Crippen molar-refractivity contribution >= 4 is 5.91 Å². The van der Waals surface area contributed by atoms with Crippen molar-refractivity contribution in [3.05, 3.63) is 35.4 Å². The van der Waals surface area contributed by atoms with Gasteiger partial charge in [-0.25, -0.2) is 0 Å². The Morgan fingerprint density at radius 1 is 1.35 bits per heavy atom. The molecule has 0 spiro atoms. The number of benzene rings is 1. The summed E-state index contributed by atoms with van der Waals surface area (Å²) in [5, 5.41) is 0. The van der Waals surface area contributed by atoms with Crippen molar-refractivity contribution in [2.24, 2.45) is 11.7 Å². The first-order valence-corrected chi connectivity index (χ1v) is 7.26. The first-order valence-electron chi connectivity index (χ1n) is 7.26. The normalized spacial score (nSPS) is 14.7. The van der Waals surface area contributed by atoms with Crippen LogP contribution < -0.4 is 5.73 Å². The number of nitrogens with zero attached hydrogens (tertiary/aromatic N) is 1. The fourth-order valence-electron chi connectivity index (χ4n) is 2.79. The van der Waals surface area contributed by atoms with Gasteiger partial charge in [0, 0.05) is 19.2 Å². The molecule has 0 saturated heterocycles. The Labute approximate surface area is 121 Å². The zero-order valence-corrected chi connectivity index (χ0v) is 12.1. The highest BCUT2D eigenvalue weighted by Crippen LogP contribution is 2.25. The Bertz CT molecular complexity index is 521.